The first-order chi connectivity index (χ1) is 11.4. The van der Waals surface area contributed by atoms with Crippen molar-refractivity contribution in [2.75, 3.05) is 6.54 Å². The lowest BCUT2D eigenvalue weighted by molar-refractivity contribution is -0.985. The molecule has 0 fully saturated rings. The molecule has 0 aromatic carbocycles. The summed E-state index contributed by atoms with van der Waals surface area (Å²) >= 11 is 0. The van der Waals surface area contributed by atoms with E-state index >= 15 is 0 Å². The maximum Gasteiger partial charge on any atom is 0.0837 e. The minimum absolute atomic E-state index is 0.734. The molecule has 0 aliphatic rings. The van der Waals surface area contributed by atoms with Gasteiger partial charge in [0.25, 0.3) is 0 Å². The van der Waals surface area contributed by atoms with Crippen LogP contribution in [-0.4, -0.2) is 29.2 Å². The summed E-state index contributed by atoms with van der Waals surface area (Å²) in [6.45, 7) is 18.2. The Morgan fingerprint density at radius 3 is 1.04 bits per heavy atom. The molecular formula is C23H50N+. The van der Waals surface area contributed by atoms with E-state index in [0.29, 0.717) is 0 Å². The molecule has 1 heteroatoms. The molecule has 146 valence electrons. The highest BCUT2D eigenvalue weighted by atomic mass is 15.4. The van der Waals surface area contributed by atoms with Gasteiger partial charge in [0.05, 0.1) is 24.7 Å². The van der Waals surface area contributed by atoms with E-state index in [1.54, 1.807) is 0 Å². The first kappa shape index (κ1) is 24.0. The fraction of sp³-hybridized carbons (Fsp3) is 1.00. The van der Waals surface area contributed by atoms with Gasteiger partial charge in [0.1, 0.15) is 0 Å². The van der Waals surface area contributed by atoms with Crippen molar-refractivity contribution in [1.82, 2.24) is 0 Å². The van der Waals surface area contributed by atoms with Gasteiger partial charge in [-0.25, -0.2) is 0 Å². The van der Waals surface area contributed by atoms with Gasteiger partial charge in [0.2, 0.25) is 0 Å². The molecule has 0 aromatic rings. The molecule has 1 nitrogen and oxygen atoms in total. The van der Waals surface area contributed by atoms with E-state index in [0.717, 1.165) is 18.1 Å². The number of unbranched alkanes of at least 4 members (excludes halogenated alkanes) is 11. The van der Waals surface area contributed by atoms with Gasteiger partial charge in [-0.2, -0.15) is 0 Å². The molecule has 0 aliphatic carbocycles. The number of nitrogens with zero attached hydrogens (tertiary/aromatic N) is 1. The Hall–Kier alpha value is -0.0400. The summed E-state index contributed by atoms with van der Waals surface area (Å²) in [6, 6.07) is 2.20. The van der Waals surface area contributed by atoms with E-state index in [2.05, 4.69) is 48.5 Å². The maximum absolute atomic E-state index is 2.42. The lowest BCUT2D eigenvalue weighted by atomic mass is 10.0. The van der Waals surface area contributed by atoms with Gasteiger partial charge in [-0.1, -0.05) is 71.1 Å². The predicted molar refractivity (Wildman–Crippen MR) is 112 cm³/mol. The highest BCUT2D eigenvalue weighted by molar-refractivity contribution is 4.59. The highest BCUT2D eigenvalue weighted by Gasteiger charge is 2.37. The molecule has 0 spiro atoms. The fourth-order valence-corrected chi connectivity index (χ4v) is 4.79. The molecule has 0 atom stereocenters. The predicted octanol–water partition coefficient (Wildman–Crippen LogP) is 7.73. The van der Waals surface area contributed by atoms with Crippen LogP contribution in [0.5, 0.6) is 0 Å². The van der Waals surface area contributed by atoms with Crippen molar-refractivity contribution in [2.45, 2.75) is 144 Å². The first-order valence-electron chi connectivity index (χ1n) is 11.3. The zero-order chi connectivity index (χ0) is 18.4. The number of hydrogen-bond donors (Lipinski definition) is 0. The van der Waals surface area contributed by atoms with Crippen LogP contribution in [0.4, 0.5) is 0 Å². The van der Waals surface area contributed by atoms with Crippen molar-refractivity contribution in [3.63, 3.8) is 0 Å². The lowest BCUT2D eigenvalue weighted by Crippen LogP contribution is -2.62. The lowest BCUT2D eigenvalue weighted by Gasteiger charge is -2.49. The van der Waals surface area contributed by atoms with Crippen LogP contribution < -0.4 is 0 Å². The van der Waals surface area contributed by atoms with Crippen LogP contribution in [0.15, 0.2) is 0 Å². The smallest absolute Gasteiger partial charge is 0.0837 e. The standard InChI is InChI=1S/C23H50N/c1-8-9-10-11-12-13-14-15-16-17-18-19-20-24(21(2)3,22(4)5)23(6)7/h21-23H,8-20H2,1-7H3/q+1. The molecule has 0 radical (unpaired) electrons. The summed E-state index contributed by atoms with van der Waals surface area (Å²) in [5.41, 5.74) is 0. The molecular weight excluding hydrogens is 290 g/mol. The summed E-state index contributed by atoms with van der Waals surface area (Å²) in [5, 5.41) is 0. The van der Waals surface area contributed by atoms with E-state index in [1.807, 2.05) is 0 Å². The van der Waals surface area contributed by atoms with Crippen LogP contribution in [0.2, 0.25) is 0 Å². The molecule has 0 amide bonds. The Morgan fingerprint density at radius 2 is 0.750 bits per heavy atom. The SMILES string of the molecule is CCCCCCCCCCCCCC[N+](C(C)C)(C(C)C)C(C)C. The molecule has 0 N–H and O–H groups in total. The summed E-state index contributed by atoms with van der Waals surface area (Å²) in [5.74, 6) is 0. The van der Waals surface area contributed by atoms with Gasteiger partial charge in [0.15, 0.2) is 0 Å². The number of quaternary nitrogens is 1. The number of hydrogen-bond acceptors (Lipinski definition) is 0. The van der Waals surface area contributed by atoms with Gasteiger partial charge >= 0.3 is 0 Å². The molecule has 0 heterocycles. The molecule has 0 unspecified atom stereocenters. The third kappa shape index (κ3) is 8.88. The largest absolute Gasteiger partial charge is 0.318 e. The van der Waals surface area contributed by atoms with Crippen LogP contribution in [0.3, 0.4) is 0 Å². The number of rotatable bonds is 16. The quantitative estimate of drug-likeness (QED) is 0.199. The van der Waals surface area contributed by atoms with Crippen LogP contribution in [0.1, 0.15) is 126 Å². The van der Waals surface area contributed by atoms with Crippen molar-refractivity contribution in [1.29, 1.82) is 0 Å². The average Bonchev–Trinajstić information content (AvgIpc) is 2.51. The maximum atomic E-state index is 2.42. The normalized spacial score (nSPS) is 12.8. The monoisotopic (exact) mass is 340 g/mol. The van der Waals surface area contributed by atoms with Gasteiger partial charge < -0.3 is 4.48 Å². The van der Waals surface area contributed by atoms with Gasteiger partial charge in [-0.3, -0.25) is 0 Å². The summed E-state index contributed by atoms with van der Waals surface area (Å²) in [7, 11) is 0. The molecule has 24 heavy (non-hydrogen) atoms. The Labute approximate surface area is 155 Å². The second-order valence-corrected chi connectivity index (χ2v) is 8.89. The zero-order valence-corrected chi connectivity index (χ0v) is 18.4. The Kier molecular flexibility index (Phi) is 14.1. The summed E-state index contributed by atoms with van der Waals surface area (Å²) < 4.78 is 1.29. The second-order valence-electron chi connectivity index (χ2n) is 8.89. The minimum Gasteiger partial charge on any atom is -0.318 e. The van der Waals surface area contributed by atoms with Crippen molar-refractivity contribution in [3.05, 3.63) is 0 Å². The van der Waals surface area contributed by atoms with E-state index in [1.165, 1.54) is 88.1 Å². The molecule has 0 bridgehead atoms. The molecule has 0 saturated carbocycles. The minimum atomic E-state index is 0.734. The van der Waals surface area contributed by atoms with E-state index in [-0.39, 0.29) is 0 Å². The topological polar surface area (TPSA) is 0 Å². The molecule has 0 aromatic heterocycles. The highest BCUT2D eigenvalue weighted by Crippen LogP contribution is 2.26. The third-order valence-corrected chi connectivity index (χ3v) is 6.28. The first-order valence-corrected chi connectivity index (χ1v) is 11.3. The van der Waals surface area contributed by atoms with Gasteiger partial charge in [0, 0.05) is 0 Å². The Morgan fingerprint density at radius 1 is 0.458 bits per heavy atom. The van der Waals surface area contributed by atoms with Crippen molar-refractivity contribution < 1.29 is 4.48 Å². The summed E-state index contributed by atoms with van der Waals surface area (Å²) in [6.07, 6.45) is 17.3. The van der Waals surface area contributed by atoms with Gasteiger partial charge in [-0.05, 0) is 54.4 Å². The van der Waals surface area contributed by atoms with E-state index < -0.39 is 0 Å². The fourth-order valence-electron chi connectivity index (χ4n) is 4.79. The second kappa shape index (κ2) is 14.2. The zero-order valence-electron chi connectivity index (χ0n) is 18.4. The van der Waals surface area contributed by atoms with Crippen LogP contribution in [0, 0.1) is 0 Å². The van der Waals surface area contributed by atoms with Crippen molar-refractivity contribution in [2.24, 2.45) is 0 Å². The third-order valence-electron chi connectivity index (χ3n) is 6.28. The molecule has 0 aliphatic heterocycles. The van der Waals surface area contributed by atoms with Crippen molar-refractivity contribution in [3.8, 4) is 0 Å². The molecule has 0 rings (SSSR count). The summed E-state index contributed by atoms with van der Waals surface area (Å²) in [4.78, 5) is 0. The Balaban J connectivity index is 3.73. The van der Waals surface area contributed by atoms with E-state index in [9.17, 15) is 0 Å². The van der Waals surface area contributed by atoms with Crippen LogP contribution >= 0.6 is 0 Å². The van der Waals surface area contributed by atoms with Gasteiger partial charge in [-0.15, -0.1) is 0 Å². The van der Waals surface area contributed by atoms with Crippen molar-refractivity contribution >= 4 is 0 Å². The van der Waals surface area contributed by atoms with Crippen LogP contribution in [0.25, 0.3) is 0 Å². The van der Waals surface area contributed by atoms with Crippen LogP contribution in [-0.2, 0) is 0 Å². The average molecular weight is 341 g/mol. The Bertz CT molecular complexity index is 245. The molecule has 0 saturated heterocycles. The van der Waals surface area contributed by atoms with E-state index in [4.69, 9.17) is 0 Å².